The Bertz CT molecular complexity index is 557. The molecule has 0 spiro atoms. The number of benzene rings is 1. The van der Waals surface area contributed by atoms with Gasteiger partial charge in [0.2, 0.25) is 10.0 Å². The van der Waals surface area contributed by atoms with Crippen LogP contribution < -0.4 is 14.8 Å². The fourth-order valence-electron chi connectivity index (χ4n) is 2.16. The Morgan fingerprint density at radius 3 is 2.95 bits per heavy atom. The summed E-state index contributed by atoms with van der Waals surface area (Å²) in [5.74, 6) is 0.736. The summed E-state index contributed by atoms with van der Waals surface area (Å²) >= 11 is 3.30. The molecule has 7 heteroatoms. The first-order chi connectivity index (χ1) is 9.53. The highest BCUT2D eigenvalue weighted by atomic mass is 79.9. The Hall–Kier alpha value is -0.630. The van der Waals surface area contributed by atoms with Gasteiger partial charge in [-0.1, -0.05) is 15.9 Å². The molecule has 1 saturated heterocycles. The maximum absolute atomic E-state index is 12.4. The number of halogens is 1. The highest BCUT2D eigenvalue weighted by molar-refractivity contribution is 9.10. The van der Waals surface area contributed by atoms with Crippen molar-refractivity contribution in [2.45, 2.75) is 18.2 Å². The summed E-state index contributed by atoms with van der Waals surface area (Å²) < 4.78 is 33.6. The lowest BCUT2D eigenvalue weighted by Gasteiger charge is -2.14. The van der Waals surface area contributed by atoms with E-state index in [-0.39, 0.29) is 4.90 Å². The first-order valence-corrected chi connectivity index (χ1v) is 8.93. The third-order valence-corrected chi connectivity index (χ3v) is 5.16. The number of hydrogen-bond donors (Lipinski definition) is 2. The molecule has 112 valence electrons. The minimum absolute atomic E-state index is 0.180. The van der Waals surface area contributed by atoms with Crippen LogP contribution in [0.1, 0.15) is 13.3 Å². The zero-order valence-electron chi connectivity index (χ0n) is 11.4. The van der Waals surface area contributed by atoms with Crippen molar-refractivity contribution in [2.24, 2.45) is 5.92 Å². The third-order valence-electron chi connectivity index (χ3n) is 3.22. The molecule has 1 aliphatic rings. The van der Waals surface area contributed by atoms with E-state index in [1.165, 1.54) is 0 Å². The lowest BCUT2D eigenvalue weighted by molar-refractivity contribution is 0.331. The van der Waals surface area contributed by atoms with Gasteiger partial charge in [0.25, 0.3) is 0 Å². The molecule has 1 atom stereocenters. The van der Waals surface area contributed by atoms with E-state index in [1.807, 2.05) is 6.92 Å². The van der Waals surface area contributed by atoms with E-state index in [0.29, 0.717) is 29.3 Å². The van der Waals surface area contributed by atoms with E-state index < -0.39 is 10.0 Å². The summed E-state index contributed by atoms with van der Waals surface area (Å²) in [6.45, 7) is 4.52. The average Bonchev–Trinajstić information content (AvgIpc) is 2.92. The van der Waals surface area contributed by atoms with Gasteiger partial charge >= 0.3 is 0 Å². The number of sulfonamides is 1. The monoisotopic (exact) mass is 362 g/mol. The minimum Gasteiger partial charge on any atom is -0.492 e. The van der Waals surface area contributed by atoms with Crippen molar-refractivity contribution >= 4 is 26.0 Å². The molecule has 20 heavy (non-hydrogen) atoms. The summed E-state index contributed by atoms with van der Waals surface area (Å²) in [6, 6.07) is 5.00. The van der Waals surface area contributed by atoms with Crippen LogP contribution in [0.15, 0.2) is 27.6 Å². The minimum atomic E-state index is -3.56. The van der Waals surface area contributed by atoms with Crippen molar-refractivity contribution in [1.82, 2.24) is 10.0 Å². The van der Waals surface area contributed by atoms with E-state index in [0.717, 1.165) is 19.5 Å². The first kappa shape index (κ1) is 15.8. The van der Waals surface area contributed by atoms with E-state index in [2.05, 4.69) is 26.0 Å². The molecule has 5 nitrogen and oxygen atoms in total. The van der Waals surface area contributed by atoms with Crippen LogP contribution in [0.4, 0.5) is 0 Å². The summed E-state index contributed by atoms with van der Waals surface area (Å²) in [4.78, 5) is 0.180. The maximum atomic E-state index is 12.4. The maximum Gasteiger partial charge on any atom is 0.244 e. The van der Waals surface area contributed by atoms with Gasteiger partial charge in [-0.2, -0.15) is 0 Å². The first-order valence-electron chi connectivity index (χ1n) is 6.65. The lowest BCUT2D eigenvalue weighted by atomic mass is 10.1. The smallest absolute Gasteiger partial charge is 0.244 e. The Morgan fingerprint density at radius 1 is 1.50 bits per heavy atom. The van der Waals surface area contributed by atoms with Crippen molar-refractivity contribution in [3.05, 3.63) is 22.7 Å². The molecule has 1 heterocycles. The van der Waals surface area contributed by atoms with E-state index >= 15 is 0 Å². The van der Waals surface area contributed by atoms with Crippen molar-refractivity contribution in [3.8, 4) is 5.75 Å². The molecule has 0 amide bonds. The number of rotatable bonds is 6. The average molecular weight is 363 g/mol. The normalized spacial score (nSPS) is 19.2. The number of nitrogens with one attached hydrogen (secondary N) is 2. The summed E-state index contributed by atoms with van der Waals surface area (Å²) in [7, 11) is -3.56. The molecule has 0 saturated carbocycles. The molecular weight excluding hydrogens is 344 g/mol. The van der Waals surface area contributed by atoms with Gasteiger partial charge in [0.1, 0.15) is 10.6 Å². The van der Waals surface area contributed by atoms with Crippen molar-refractivity contribution in [2.75, 3.05) is 26.2 Å². The molecule has 0 aromatic heterocycles. The van der Waals surface area contributed by atoms with Crippen molar-refractivity contribution in [3.63, 3.8) is 0 Å². The van der Waals surface area contributed by atoms with E-state index in [4.69, 9.17) is 4.74 Å². The third kappa shape index (κ3) is 3.94. The molecule has 1 aromatic rings. The number of hydrogen-bond acceptors (Lipinski definition) is 4. The summed E-state index contributed by atoms with van der Waals surface area (Å²) in [5, 5.41) is 3.22. The summed E-state index contributed by atoms with van der Waals surface area (Å²) in [6.07, 6.45) is 0.999. The molecular formula is C13H19BrN2O3S. The van der Waals surface area contributed by atoms with Gasteiger partial charge in [-0.3, -0.25) is 0 Å². The quantitative estimate of drug-likeness (QED) is 0.808. The van der Waals surface area contributed by atoms with Crippen LogP contribution in [0.2, 0.25) is 0 Å². The second-order valence-electron chi connectivity index (χ2n) is 4.73. The molecule has 1 aliphatic heterocycles. The van der Waals surface area contributed by atoms with Crippen LogP contribution in [0.5, 0.6) is 5.75 Å². The van der Waals surface area contributed by atoms with Gasteiger partial charge in [-0.15, -0.1) is 0 Å². The highest BCUT2D eigenvalue weighted by Crippen LogP contribution is 2.27. The van der Waals surface area contributed by atoms with Gasteiger partial charge in [-0.05, 0) is 50.6 Å². The van der Waals surface area contributed by atoms with Gasteiger partial charge in [0, 0.05) is 11.0 Å². The Morgan fingerprint density at radius 2 is 2.30 bits per heavy atom. The zero-order valence-corrected chi connectivity index (χ0v) is 13.8. The molecule has 0 radical (unpaired) electrons. The SMILES string of the molecule is CCOc1ccc(Br)cc1S(=O)(=O)NCC1CCNC1. The second-order valence-corrected chi connectivity index (χ2v) is 7.39. The number of ether oxygens (including phenoxy) is 1. The molecule has 1 aromatic carbocycles. The molecule has 1 unspecified atom stereocenters. The summed E-state index contributed by atoms with van der Waals surface area (Å²) in [5.41, 5.74) is 0. The Labute approximate surface area is 128 Å². The lowest BCUT2D eigenvalue weighted by Crippen LogP contribution is -2.30. The molecule has 0 bridgehead atoms. The topological polar surface area (TPSA) is 67.4 Å². The van der Waals surface area contributed by atoms with Crippen molar-refractivity contribution in [1.29, 1.82) is 0 Å². The Balaban J connectivity index is 2.16. The van der Waals surface area contributed by atoms with Crippen molar-refractivity contribution < 1.29 is 13.2 Å². The standard InChI is InChI=1S/C13H19BrN2O3S/c1-2-19-12-4-3-11(14)7-13(12)20(17,18)16-9-10-5-6-15-8-10/h3-4,7,10,15-16H,2,5-6,8-9H2,1H3. The van der Waals surface area contributed by atoms with Crippen LogP contribution in [0.25, 0.3) is 0 Å². The van der Waals surface area contributed by atoms with Crippen LogP contribution in [-0.2, 0) is 10.0 Å². The van der Waals surface area contributed by atoms with Crippen LogP contribution >= 0.6 is 15.9 Å². The largest absolute Gasteiger partial charge is 0.492 e. The molecule has 2 rings (SSSR count). The second kappa shape index (κ2) is 6.89. The van der Waals surface area contributed by atoms with Gasteiger partial charge in [-0.25, -0.2) is 13.1 Å². The van der Waals surface area contributed by atoms with Gasteiger partial charge in [0.15, 0.2) is 0 Å². The Kier molecular flexibility index (Phi) is 5.42. The molecule has 1 fully saturated rings. The zero-order chi connectivity index (χ0) is 14.6. The van der Waals surface area contributed by atoms with Crippen LogP contribution in [0, 0.1) is 5.92 Å². The van der Waals surface area contributed by atoms with Crippen LogP contribution in [0.3, 0.4) is 0 Å². The highest BCUT2D eigenvalue weighted by Gasteiger charge is 2.22. The van der Waals surface area contributed by atoms with Gasteiger partial charge < -0.3 is 10.1 Å². The fraction of sp³-hybridized carbons (Fsp3) is 0.538. The fourth-order valence-corrected chi connectivity index (χ4v) is 3.96. The van der Waals surface area contributed by atoms with Gasteiger partial charge in [0.05, 0.1) is 6.61 Å². The molecule has 2 N–H and O–H groups in total. The van der Waals surface area contributed by atoms with E-state index in [1.54, 1.807) is 18.2 Å². The predicted molar refractivity (Wildman–Crippen MR) is 81.5 cm³/mol. The molecule has 0 aliphatic carbocycles. The van der Waals surface area contributed by atoms with Crippen LogP contribution in [-0.4, -0.2) is 34.7 Å². The van der Waals surface area contributed by atoms with E-state index in [9.17, 15) is 8.42 Å². The predicted octanol–water partition coefficient (Wildman–Crippen LogP) is 1.74.